The first kappa shape index (κ1) is 21.6. The summed E-state index contributed by atoms with van der Waals surface area (Å²) in [6.45, 7) is 18.4. The highest BCUT2D eigenvalue weighted by atomic mass is 16.5. The maximum Gasteiger partial charge on any atom is 0.232 e. The van der Waals surface area contributed by atoms with Crippen LogP contribution in [0.2, 0.25) is 0 Å². The molecule has 1 aliphatic heterocycles. The van der Waals surface area contributed by atoms with Gasteiger partial charge in [-0.2, -0.15) is 4.98 Å². The standard InChI is InChI=1S/C19H36N6O2/c1-7-20-18(22-13-16-23-17(27-24-16)19(4,5)6)21-12-15(14(2)3)25-8-10-26-11-9-25/h14-15H,7-13H2,1-6H3,(H2,20,21,22). The molecule has 2 N–H and O–H groups in total. The third kappa shape index (κ3) is 6.77. The number of morpholine rings is 1. The van der Waals surface area contributed by atoms with Gasteiger partial charge in [-0.05, 0) is 12.8 Å². The van der Waals surface area contributed by atoms with Crippen LogP contribution < -0.4 is 10.6 Å². The Kier molecular flexibility index (Phi) is 8.04. The molecule has 1 aromatic rings. The van der Waals surface area contributed by atoms with Crippen LogP contribution in [0.3, 0.4) is 0 Å². The molecule has 2 rings (SSSR count). The first-order valence-electron chi connectivity index (χ1n) is 9.98. The lowest BCUT2D eigenvalue weighted by Crippen LogP contribution is -2.52. The summed E-state index contributed by atoms with van der Waals surface area (Å²) in [7, 11) is 0. The zero-order valence-corrected chi connectivity index (χ0v) is 17.7. The van der Waals surface area contributed by atoms with Gasteiger partial charge in [0.15, 0.2) is 11.8 Å². The van der Waals surface area contributed by atoms with E-state index >= 15 is 0 Å². The average molecular weight is 381 g/mol. The monoisotopic (exact) mass is 380 g/mol. The van der Waals surface area contributed by atoms with Crippen molar-refractivity contribution in [3.05, 3.63) is 11.7 Å². The molecule has 1 aromatic heterocycles. The Bertz CT molecular complexity index is 587. The van der Waals surface area contributed by atoms with E-state index in [-0.39, 0.29) is 5.41 Å². The molecule has 0 amide bonds. The second-order valence-electron chi connectivity index (χ2n) is 8.30. The zero-order valence-electron chi connectivity index (χ0n) is 17.7. The zero-order chi connectivity index (χ0) is 19.9. The second-order valence-corrected chi connectivity index (χ2v) is 8.30. The number of rotatable bonds is 7. The molecule has 0 aliphatic carbocycles. The molecule has 0 radical (unpaired) electrons. The van der Waals surface area contributed by atoms with E-state index in [1.54, 1.807) is 0 Å². The van der Waals surface area contributed by atoms with Gasteiger partial charge in [-0.1, -0.05) is 39.8 Å². The summed E-state index contributed by atoms with van der Waals surface area (Å²) in [4.78, 5) is 11.6. The molecule has 1 unspecified atom stereocenters. The molecule has 154 valence electrons. The van der Waals surface area contributed by atoms with Crippen molar-refractivity contribution in [1.29, 1.82) is 0 Å². The first-order valence-corrected chi connectivity index (χ1v) is 9.98. The lowest BCUT2D eigenvalue weighted by atomic mass is 9.97. The summed E-state index contributed by atoms with van der Waals surface area (Å²) in [5.74, 6) is 2.56. The molecule has 0 spiro atoms. The average Bonchev–Trinajstić information content (AvgIpc) is 3.10. The number of hydrogen-bond donors (Lipinski definition) is 2. The van der Waals surface area contributed by atoms with Crippen LogP contribution in [-0.2, 0) is 16.7 Å². The molecule has 1 fully saturated rings. The Morgan fingerprint density at radius 3 is 2.48 bits per heavy atom. The molecule has 8 heteroatoms. The molecule has 0 saturated carbocycles. The van der Waals surface area contributed by atoms with E-state index < -0.39 is 0 Å². The van der Waals surface area contributed by atoms with Crippen LogP contribution in [-0.4, -0.2) is 66.4 Å². The van der Waals surface area contributed by atoms with Crippen LogP contribution >= 0.6 is 0 Å². The molecule has 2 heterocycles. The van der Waals surface area contributed by atoms with Crippen molar-refractivity contribution in [3.63, 3.8) is 0 Å². The van der Waals surface area contributed by atoms with Gasteiger partial charge in [-0.25, -0.2) is 4.99 Å². The number of ether oxygens (including phenoxy) is 1. The number of aliphatic imine (C=N–C) groups is 1. The Morgan fingerprint density at radius 2 is 1.93 bits per heavy atom. The van der Waals surface area contributed by atoms with Gasteiger partial charge in [0.2, 0.25) is 5.89 Å². The Hall–Kier alpha value is -1.67. The molecule has 0 bridgehead atoms. The van der Waals surface area contributed by atoms with Gasteiger partial charge in [-0.3, -0.25) is 4.90 Å². The van der Waals surface area contributed by atoms with Crippen LogP contribution in [0.5, 0.6) is 0 Å². The van der Waals surface area contributed by atoms with Crippen molar-refractivity contribution in [1.82, 2.24) is 25.7 Å². The Balaban J connectivity index is 1.96. The molecular weight excluding hydrogens is 344 g/mol. The molecule has 27 heavy (non-hydrogen) atoms. The highest BCUT2D eigenvalue weighted by Gasteiger charge is 2.24. The van der Waals surface area contributed by atoms with Gasteiger partial charge in [0.25, 0.3) is 0 Å². The van der Waals surface area contributed by atoms with Gasteiger partial charge >= 0.3 is 0 Å². The normalized spacial score (nSPS) is 18.0. The van der Waals surface area contributed by atoms with Crippen LogP contribution in [0.1, 0.15) is 53.3 Å². The molecule has 1 saturated heterocycles. The number of hydrogen-bond acceptors (Lipinski definition) is 6. The summed E-state index contributed by atoms with van der Waals surface area (Å²) in [5, 5.41) is 10.8. The fourth-order valence-corrected chi connectivity index (χ4v) is 3.01. The molecule has 1 aliphatic rings. The smallest absolute Gasteiger partial charge is 0.232 e. The summed E-state index contributed by atoms with van der Waals surface area (Å²) >= 11 is 0. The van der Waals surface area contributed by atoms with Gasteiger partial charge in [0, 0.05) is 37.6 Å². The minimum Gasteiger partial charge on any atom is -0.379 e. The highest BCUT2D eigenvalue weighted by Crippen LogP contribution is 2.19. The van der Waals surface area contributed by atoms with Crippen LogP contribution in [0.25, 0.3) is 0 Å². The van der Waals surface area contributed by atoms with Crippen LogP contribution in [0.4, 0.5) is 0 Å². The lowest BCUT2D eigenvalue weighted by Gasteiger charge is -2.37. The topological polar surface area (TPSA) is 87.8 Å². The summed E-state index contributed by atoms with van der Waals surface area (Å²) in [6.07, 6.45) is 0. The molecule has 8 nitrogen and oxygen atoms in total. The van der Waals surface area contributed by atoms with Gasteiger partial charge in [0.1, 0.15) is 6.54 Å². The quantitative estimate of drug-likeness (QED) is 0.551. The fourth-order valence-electron chi connectivity index (χ4n) is 3.01. The largest absolute Gasteiger partial charge is 0.379 e. The maximum atomic E-state index is 5.49. The van der Waals surface area contributed by atoms with Crippen LogP contribution in [0, 0.1) is 5.92 Å². The molecule has 0 aromatic carbocycles. The number of aromatic nitrogens is 2. The first-order chi connectivity index (χ1) is 12.8. The maximum absolute atomic E-state index is 5.49. The van der Waals surface area contributed by atoms with E-state index in [0.717, 1.165) is 45.4 Å². The second kappa shape index (κ2) is 10.0. The summed E-state index contributed by atoms with van der Waals surface area (Å²) in [5.41, 5.74) is -0.152. The van der Waals surface area contributed by atoms with E-state index in [0.29, 0.717) is 30.2 Å². The van der Waals surface area contributed by atoms with Gasteiger partial charge in [0.05, 0.1) is 13.2 Å². The summed E-state index contributed by atoms with van der Waals surface area (Å²) < 4.78 is 10.8. The SMILES string of the molecule is CCNC(=NCc1noc(C(C)(C)C)n1)NCC(C(C)C)N1CCOCC1. The fraction of sp³-hybridized carbons (Fsp3) is 0.842. The minimum atomic E-state index is -0.152. The third-order valence-corrected chi connectivity index (χ3v) is 4.60. The highest BCUT2D eigenvalue weighted by molar-refractivity contribution is 5.79. The predicted octanol–water partition coefficient (Wildman–Crippen LogP) is 1.78. The third-order valence-electron chi connectivity index (χ3n) is 4.60. The number of guanidine groups is 1. The number of nitrogens with one attached hydrogen (secondary N) is 2. The van der Waals surface area contributed by atoms with E-state index in [2.05, 4.69) is 72.2 Å². The summed E-state index contributed by atoms with van der Waals surface area (Å²) in [6, 6.07) is 0.440. The lowest BCUT2D eigenvalue weighted by molar-refractivity contribution is 0.00752. The Morgan fingerprint density at radius 1 is 1.22 bits per heavy atom. The minimum absolute atomic E-state index is 0.152. The van der Waals surface area contributed by atoms with Crippen molar-refractivity contribution in [3.8, 4) is 0 Å². The van der Waals surface area contributed by atoms with E-state index in [1.807, 2.05) is 0 Å². The van der Waals surface area contributed by atoms with Gasteiger partial charge in [-0.15, -0.1) is 0 Å². The Labute approximate surface area is 163 Å². The van der Waals surface area contributed by atoms with Crippen molar-refractivity contribution in [2.24, 2.45) is 10.9 Å². The van der Waals surface area contributed by atoms with E-state index in [1.165, 1.54) is 0 Å². The van der Waals surface area contributed by atoms with Crippen molar-refractivity contribution in [2.75, 3.05) is 39.4 Å². The van der Waals surface area contributed by atoms with Gasteiger partial charge < -0.3 is 19.9 Å². The van der Waals surface area contributed by atoms with Crippen molar-refractivity contribution < 1.29 is 9.26 Å². The van der Waals surface area contributed by atoms with Crippen molar-refractivity contribution >= 4 is 5.96 Å². The number of nitrogens with zero attached hydrogens (tertiary/aromatic N) is 4. The van der Waals surface area contributed by atoms with E-state index in [4.69, 9.17) is 9.26 Å². The predicted molar refractivity (Wildman–Crippen MR) is 107 cm³/mol. The van der Waals surface area contributed by atoms with Crippen LogP contribution in [0.15, 0.2) is 9.52 Å². The molecular formula is C19H36N6O2. The molecule has 1 atom stereocenters. The van der Waals surface area contributed by atoms with Crippen molar-refractivity contribution in [2.45, 2.75) is 59.5 Å². The van der Waals surface area contributed by atoms with E-state index in [9.17, 15) is 0 Å².